The molecule has 0 bridgehead atoms. The SMILES string of the molecule is CC(CCc1ccc(Br)cc1)NC(=O)c1n[nH]c2ccccc12. The first-order chi connectivity index (χ1) is 11.1. The maximum atomic E-state index is 12.4. The zero-order valence-corrected chi connectivity index (χ0v) is 14.4. The van der Waals surface area contributed by atoms with Gasteiger partial charge in [-0.3, -0.25) is 9.89 Å². The molecule has 23 heavy (non-hydrogen) atoms. The average molecular weight is 372 g/mol. The van der Waals surface area contributed by atoms with Crippen molar-refractivity contribution in [2.75, 3.05) is 0 Å². The van der Waals surface area contributed by atoms with Gasteiger partial charge in [-0.15, -0.1) is 0 Å². The number of carbonyl (C=O) groups excluding carboxylic acids is 1. The van der Waals surface area contributed by atoms with Crippen molar-refractivity contribution in [3.8, 4) is 0 Å². The molecule has 0 aliphatic carbocycles. The molecule has 0 fully saturated rings. The lowest BCUT2D eigenvalue weighted by atomic mass is 10.1. The molecule has 0 aliphatic rings. The fraction of sp³-hybridized carbons (Fsp3) is 0.222. The summed E-state index contributed by atoms with van der Waals surface area (Å²) < 4.78 is 1.08. The van der Waals surface area contributed by atoms with Gasteiger partial charge in [0.1, 0.15) is 0 Å². The van der Waals surface area contributed by atoms with Gasteiger partial charge in [0.05, 0.1) is 5.52 Å². The van der Waals surface area contributed by atoms with Crippen molar-refractivity contribution in [3.63, 3.8) is 0 Å². The molecule has 2 N–H and O–H groups in total. The second-order valence-electron chi connectivity index (χ2n) is 5.66. The number of benzene rings is 2. The first-order valence-corrected chi connectivity index (χ1v) is 8.41. The summed E-state index contributed by atoms with van der Waals surface area (Å²) in [7, 11) is 0. The summed E-state index contributed by atoms with van der Waals surface area (Å²) in [5.74, 6) is -0.134. The van der Waals surface area contributed by atoms with Crippen molar-refractivity contribution >= 4 is 32.7 Å². The molecule has 2 aromatic carbocycles. The van der Waals surface area contributed by atoms with Crippen LogP contribution in [0.4, 0.5) is 0 Å². The van der Waals surface area contributed by atoms with Crippen molar-refractivity contribution in [1.29, 1.82) is 0 Å². The molecule has 1 heterocycles. The van der Waals surface area contributed by atoms with Crippen molar-refractivity contribution < 1.29 is 4.79 Å². The second kappa shape index (κ2) is 6.96. The minimum absolute atomic E-state index is 0.0848. The highest BCUT2D eigenvalue weighted by Gasteiger charge is 2.15. The van der Waals surface area contributed by atoms with E-state index in [2.05, 4.69) is 43.6 Å². The van der Waals surface area contributed by atoms with E-state index in [-0.39, 0.29) is 11.9 Å². The monoisotopic (exact) mass is 371 g/mol. The highest BCUT2D eigenvalue weighted by molar-refractivity contribution is 9.10. The maximum absolute atomic E-state index is 12.4. The number of rotatable bonds is 5. The Labute approximate surface area is 143 Å². The van der Waals surface area contributed by atoms with Gasteiger partial charge in [0.2, 0.25) is 0 Å². The third kappa shape index (κ3) is 3.79. The van der Waals surface area contributed by atoms with Crippen LogP contribution in [0.5, 0.6) is 0 Å². The lowest BCUT2D eigenvalue weighted by molar-refractivity contribution is 0.0935. The smallest absolute Gasteiger partial charge is 0.272 e. The topological polar surface area (TPSA) is 57.8 Å². The van der Waals surface area contributed by atoms with E-state index in [0.717, 1.165) is 28.2 Å². The van der Waals surface area contributed by atoms with Crippen molar-refractivity contribution in [1.82, 2.24) is 15.5 Å². The van der Waals surface area contributed by atoms with Gasteiger partial charge in [0.25, 0.3) is 5.91 Å². The number of nitrogens with one attached hydrogen (secondary N) is 2. The largest absolute Gasteiger partial charge is 0.348 e. The van der Waals surface area contributed by atoms with Crippen LogP contribution < -0.4 is 5.32 Å². The minimum atomic E-state index is -0.134. The lowest BCUT2D eigenvalue weighted by Gasteiger charge is -2.13. The molecular weight excluding hydrogens is 354 g/mol. The van der Waals surface area contributed by atoms with Crippen molar-refractivity contribution in [2.45, 2.75) is 25.8 Å². The lowest BCUT2D eigenvalue weighted by Crippen LogP contribution is -2.33. The molecular formula is C18H18BrN3O. The Morgan fingerprint density at radius 1 is 1.22 bits per heavy atom. The number of nitrogens with zero attached hydrogens (tertiary/aromatic N) is 1. The fourth-order valence-electron chi connectivity index (χ4n) is 2.54. The summed E-state index contributed by atoms with van der Waals surface area (Å²) >= 11 is 3.43. The van der Waals surface area contributed by atoms with Crippen LogP contribution in [-0.2, 0) is 6.42 Å². The van der Waals surface area contributed by atoms with Gasteiger partial charge in [-0.1, -0.05) is 46.3 Å². The summed E-state index contributed by atoms with van der Waals surface area (Å²) in [6.45, 7) is 2.02. The standard InChI is InChI=1S/C18H18BrN3O/c1-12(6-7-13-8-10-14(19)11-9-13)20-18(23)17-15-4-2-3-5-16(15)21-22-17/h2-5,8-12H,6-7H2,1H3,(H,20,23)(H,21,22). The van der Waals surface area contributed by atoms with Gasteiger partial charge in [0, 0.05) is 15.9 Å². The zero-order chi connectivity index (χ0) is 16.2. The Balaban J connectivity index is 1.60. The number of para-hydroxylation sites is 1. The third-order valence-corrected chi connectivity index (χ3v) is 4.37. The number of aryl methyl sites for hydroxylation is 1. The van der Waals surface area contributed by atoms with Gasteiger partial charge in [-0.05, 0) is 43.5 Å². The highest BCUT2D eigenvalue weighted by Crippen LogP contribution is 2.16. The number of amides is 1. The fourth-order valence-corrected chi connectivity index (χ4v) is 2.80. The van der Waals surface area contributed by atoms with Crippen LogP contribution >= 0.6 is 15.9 Å². The Bertz CT molecular complexity index is 811. The van der Waals surface area contributed by atoms with Crippen LogP contribution in [0.2, 0.25) is 0 Å². The van der Waals surface area contributed by atoms with Gasteiger partial charge in [-0.25, -0.2) is 0 Å². The molecule has 118 valence electrons. The van der Waals surface area contributed by atoms with Crippen LogP contribution in [0.3, 0.4) is 0 Å². The average Bonchev–Trinajstić information content (AvgIpc) is 2.98. The Hall–Kier alpha value is -2.14. The Kier molecular flexibility index (Phi) is 4.76. The third-order valence-electron chi connectivity index (χ3n) is 3.84. The summed E-state index contributed by atoms with van der Waals surface area (Å²) in [5, 5.41) is 10.9. The first-order valence-electron chi connectivity index (χ1n) is 7.62. The zero-order valence-electron chi connectivity index (χ0n) is 12.8. The number of aromatic amines is 1. The predicted octanol–water partition coefficient (Wildman–Crippen LogP) is 4.08. The molecule has 4 nitrogen and oxygen atoms in total. The van der Waals surface area contributed by atoms with E-state index >= 15 is 0 Å². The van der Waals surface area contributed by atoms with E-state index in [0.29, 0.717) is 5.69 Å². The van der Waals surface area contributed by atoms with Crippen LogP contribution in [-0.4, -0.2) is 22.1 Å². The molecule has 0 saturated heterocycles. The van der Waals surface area contributed by atoms with Crippen LogP contribution in [0.1, 0.15) is 29.4 Å². The van der Waals surface area contributed by atoms with E-state index in [9.17, 15) is 4.79 Å². The number of H-pyrrole nitrogens is 1. The molecule has 5 heteroatoms. The number of fused-ring (bicyclic) bond motifs is 1. The number of hydrogen-bond donors (Lipinski definition) is 2. The highest BCUT2D eigenvalue weighted by atomic mass is 79.9. The quantitative estimate of drug-likeness (QED) is 0.709. The number of halogens is 1. The first kappa shape index (κ1) is 15.7. The van der Waals surface area contributed by atoms with E-state index in [1.54, 1.807) is 0 Å². The van der Waals surface area contributed by atoms with Crippen LogP contribution in [0.15, 0.2) is 53.0 Å². The van der Waals surface area contributed by atoms with Crippen molar-refractivity contribution in [3.05, 3.63) is 64.3 Å². The summed E-state index contributed by atoms with van der Waals surface area (Å²) in [6, 6.07) is 16.0. The van der Waals surface area contributed by atoms with Crippen LogP contribution in [0.25, 0.3) is 10.9 Å². The van der Waals surface area contributed by atoms with Crippen LogP contribution in [0, 0.1) is 0 Å². The van der Waals surface area contributed by atoms with E-state index in [4.69, 9.17) is 0 Å². The minimum Gasteiger partial charge on any atom is -0.348 e. The second-order valence-corrected chi connectivity index (χ2v) is 6.57. The summed E-state index contributed by atoms with van der Waals surface area (Å²) in [5.41, 5.74) is 2.59. The van der Waals surface area contributed by atoms with E-state index in [1.165, 1.54) is 5.56 Å². The Morgan fingerprint density at radius 2 is 1.96 bits per heavy atom. The molecule has 0 aliphatic heterocycles. The molecule has 0 spiro atoms. The maximum Gasteiger partial charge on any atom is 0.272 e. The van der Waals surface area contributed by atoms with Gasteiger partial charge >= 0.3 is 0 Å². The van der Waals surface area contributed by atoms with Gasteiger partial charge in [-0.2, -0.15) is 5.10 Å². The molecule has 3 rings (SSSR count). The van der Waals surface area contributed by atoms with Gasteiger partial charge < -0.3 is 5.32 Å². The molecule has 0 saturated carbocycles. The Morgan fingerprint density at radius 3 is 2.74 bits per heavy atom. The van der Waals surface area contributed by atoms with Crippen molar-refractivity contribution in [2.24, 2.45) is 0 Å². The number of carbonyl (C=O) groups is 1. The molecule has 0 radical (unpaired) electrons. The molecule has 1 aromatic heterocycles. The molecule has 1 amide bonds. The summed E-state index contributed by atoms with van der Waals surface area (Å²) in [4.78, 5) is 12.4. The van der Waals surface area contributed by atoms with E-state index < -0.39 is 0 Å². The predicted molar refractivity (Wildman–Crippen MR) is 95.5 cm³/mol. The molecule has 1 unspecified atom stereocenters. The number of aromatic nitrogens is 2. The van der Waals surface area contributed by atoms with E-state index in [1.807, 2.05) is 43.3 Å². The number of hydrogen-bond acceptors (Lipinski definition) is 2. The summed E-state index contributed by atoms with van der Waals surface area (Å²) in [6.07, 6.45) is 1.81. The molecule has 3 aromatic rings. The molecule has 1 atom stereocenters. The normalized spacial score (nSPS) is 12.3. The van der Waals surface area contributed by atoms with Gasteiger partial charge in [0.15, 0.2) is 5.69 Å².